The van der Waals surface area contributed by atoms with Crippen LogP contribution in [-0.2, 0) is 12.8 Å². The van der Waals surface area contributed by atoms with E-state index in [1.165, 1.54) is 11.1 Å². The van der Waals surface area contributed by atoms with Crippen molar-refractivity contribution in [3.8, 4) is 5.75 Å². The molecule has 0 bridgehead atoms. The number of hydrogen-bond acceptors (Lipinski definition) is 3. The summed E-state index contributed by atoms with van der Waals surface area (Å²) in [5.41, 5.74) is 8.70. The Morgan fingerprint density at radius 1 is 1.35 bits per heavy atom. The van der Waals surface area contributed by atoms with Gasteiger partial charge in [0.2, 0.25) is 0 Å². The number of ether oxygens (including phenoxy) is 1. The van der Waals surface area contributed by atoms with Crippen molar-refractivity contribution in [3.63, 3.8) is 0 Å². The first-order valence-electron chi connectivity index (χ1n) is 7.20. The second kappa shape index (κ2) is 6.39. The van der Waals surface area contributed by atoms with Gasteiger partial charge in [-0.25, -0.2) is 0 Å². The third-order valence-electron chi connectivity index (χ3n) is 3.76. The Morgan fingerprint density at radius 2 is 2.20 bits per heavy atom. The summed E-state index contributed by atoms with van der Waals surface area (Å²) in [7, 11) is 0. The van der Waals surface area contributed by atoms with Crippen molar-refractivity contribution in [1.29, 1.82) is 0 Å². The number of hydrogen-bond donors (Lipinski definition) is 1. The number of thioether (sulfide) groups is 1. The Morgan fingerprint density at radius 3 is 3.05 bits per heavy atom. The average molecular weight is 291 g/mol. The van der Waals surface area contributed by atoms with Crippen molar-refractivity contribution in [2.45, 2.75) is 12.8 Å². The second-order valence-electron chi connectivity index (χ2n) is 5.13. The minimum atomic E-state index is 0.704. The van der Waals surface area contributed by atoms with Crippen molar-refractivity contribution >= 4 is 17.7 Å². The molecule has 4 nitrogen and oxygen atoms in total. The zero-order chi connectivity index (χ0) is 13.8. The molecule has 108 valence electrons. The maximum atomic E-state index is 6.05. The molecule has 2 aliphatic heterocycles. The van der Waals surface area contributed by atoms with Gasteiger partial charge in [-0.15, -0.1) is 0 Å². The molecule has 1 aromatic carbocycles. The number of guanidine groups is 1. The first-order valence-corrected chi connectivity index (χ1v) is 8.35. The highest BCUT2D eigenvalue weighted by Crippen LogP contribution is 2.25. The van der Waals surface area contributed by atoms with E-state index in [4.69, 9.17) is 10.5 Å². The molecule has 0 radical (unpaired) electrons. The van der Waals surface area contributed by atoms with Crippen LogP contribution < -0.4 is 10.5 Å². The molecule has 0 unspecified atom stereocenters. The summed E-state index contributed by atoms with van der Waals surface area (Å²) in [6.07, 6.45) is 1.97. The van der Waals surface area contributed by atoms with Gasteiger partial charge in [0, 0.05) is 37.6 Å². The van der Waals surface area contributed by atoms with Gasteiger partial charge in [-0.3, -0.25) is 4.99 Å². The lowest BCUT2D eigenvalue weighted by molar-refractivity contribution is 0.357. The highest BCUT2D eigenvalue weighted by Gasteiger charge is 2.13. The molecule has 1 saturated heterocycles. The molecule has 2 heterocycles. The topological polar surface area (TPSA) is 50.9 Å². The lowest BCUT2D eigenvalue weighted by Gasteiger charge is -2.27. The van der Waals surface area contributed by atoms with E-state index in [1.54, 1.807) is 0 Å². The molecule has 0 atom stereocenters. The molecule has 2 N–H and O–H groups in total. The summed E-state index contributed by atoms with van der Waals surface area (Å²) in [6.45, 7) is 3.62. The van der Waals surface area contributed by atoms with Crippen molar-refractivity contribution in [3.05, 3.63) is 29.3 Å². The smallest absolute Gasteiger partial charge is 0.191 e. The third kappa shape index (κ3) is 3.20. The predicted molar refractivity (Wildman–Crippen MR) is 84.7 cm³/mol. The highest BCUT2D eigenvalue weighted by molar-refractivity contribution is 7.99. The van der Waals surface area contributed by atoms with Crippen molar-refractivity contribution in [2.75, 3.05) is 37.7 Å². The minimum Gasteiger partial charge on any atom is -0.493 e. The average Bonchev–Trinajstić information content (AvgIpc) is 2.95. The molecule has 20 heavy (non-hydrogen) atoms. The summed E-state index contributed by atoms with van der Waals surface area (Å²) in [5.74, 6) is 4.06. The Hall–Kier alpha value is -1.36. The number of fused-ring (bicyclic) bond motifs is 1. The van der Waals surface area contributed by atoms with Crippen LogP contribution in [0.4, 0.5) is 0 Å². The Labute approximate surface area is 124 Å². The fraction of sp³-hybridized carbons (Fsp3) is 0.533. The second-order valence-corrected chi connectivity index (χ2v) is 6.35. The molecular weight excluding hydrogens is 270 g/mol. The SMILES string of the molecule is NC(=NCCc1ccc2c(c1)CCO2)N1CCSCC1. The highest BCUT2D eigenvalue weighted by atomic mass is 32.2. The van der Waals surface area contributed by atoms with Gasteiger partial charge in [-0.1, -0.05) is 12.1 Å². The zero-order valence-corrected chi connectivity index (χ0v) is 12.5. The van der Waals surface area contributed by atoms with E-state index >= 15 is 0 Å². The van der Waals surface area contributed by atoms with Gasteiger partial charge in [0.25, 0.3) is 0 Å². The van der Waals surface area contributed by atoms with Gasteiger partial charge < -0.3 is 15.4 Å². The summed E-state index contributed by atoms with van der Waals surface area (Å²) in [5, 5.41) is 0. The number of nitrogens with zero attached hydrogens (tertiary/aromatic N) is 2. The summed E-state index contributed by atoms with van der Waals surface area (Å²) < 4.78 is 5.52. The molecule has 5 heteroatoms. The van der Waals surface area contributed by atoms with Crippen LogP contribution in [-0.4, -0.2) is 48.6 Å². The lowest BCUT2D eigenvalue weighted by atomic mass is 10.1. The number of aliphatic imine (C=N–C) groups is 1. The van der Waals surface area contributed by atoms with Crippen molar-refractivity contribution in [2.24, 2.45) is 10.7 Å². The number of rotatable bonds is 3. The molecule has 0 aliphatic carbocycles. The van der Waals surface area contributed by atoms with Gasteiger partial charge in [-0.05, 0) is 23.6 Å². The summed E-state index contributed by atoms with van der Waals surface area (Å²) >= 11 is 1.98. The summed E-state index contributed by atoms with van der Waals surface area (Å²) in [6, 6.07) is 6.45. The third-order valence-corrected chi connectivity index (χ3v) is 4.71. The van der Waals surface area contributed by atoms with E-state index in [-0.39, 0.29) is 0 Å². The predicted octanol–water partition coefficient (Wildman–Crippen LogP) is 1.53. The maximum Gasteiger partial charge on any atom is 0.191 e. The minimum absolute atomic E-state index is 0.704. The molecule has 1 aromatic rings. The largest absolute Gasteiger partial charge is 0.493 e. The molecular formula is C15H21N3OS. The van der Waals surface area contributed by atoms with Crippen LogP contribution >= 0.6 is 11.8 Å². The van der Waals surface area contributed by atoms with Gasteiger partial charge >= 0.3 is 0 Å². The Balaban J connectivity index is 1.54. The molecule has 1 fully saturated rings. The number of benzene rings is 1. The van der Waals surface area contributed by atoms with Gasteiger partial charge in [0.15, 0.2) is 5.96 Å². The molecule has 2 aliphatic rings. The van der Waals surface area contributed by atoms with E-state index in [0.29, 0.717) is 5.96 Å². The first kappa shape index (κ1) is 13.6. The van der Waals surface area contributed by atoms with E-state index in [2.05, 4.69) is 28.1 Å². The standard InChI is InChI=1S/C15H21N3OS/c16-15(18-6-9-20-10-7-18)17-5-3-12-1-2-14-13(11-12)4-8-19-14/h1-2,11H,3-10H2,(H2,16,17). The van der Waals surface area contributed by atoms with Gasteiger partial charge in [0.05, 0.1) is 6.61 Å². The van der Waals surface area contributed by atoms with Gasteiger partial charge in [-0.2, -0.15) is 11.8 Å². The van der Waals surface area contributed by atoms with E-state index in [1.807, 2.05) is 11.8 Å². The summed E-state index contributed by atoms with van der Waals surface area (Å²) in [4.78, 5) is 6.70. The lowest BCUT2D eigenvalue weighted by Crippen LogP contribution is -2.42. The Bertz CT molecular complexity index is 498. The molecule has 0 saturated carbocycles. The van der Waals surface area contributed by atoms with Crippen molar-refractivity contribution in [1.82, 2.24) is 4.90 Å². The van der Waals surface area contributed by atoms with Crippen LogP contribution in [0.2, 0.25) is 0 Å². The van der Waals surface area contributed by atoms with Crippen LogP contribution in [0.3, 0.4) is 0 Å². The van der Waals surface area contributed by atoms with Crippen LogP contribution in [0.15, 0.2) is 23.2 Å². The zero-order valence-electron chi connectivity index (χ0n) is 11.7. The molecule has 0 amide bonds. The van der Waals surface area contributed by atoms with Gasteiger partial charge in [0.1, 0.15) is 5.75 Å². The first-order chi connectivity index (χ1) is 9.83. The normalized spacial score (nSPS) is 18.8. The maximum absolute atomic E-state index is 6.05. The fourth-order valence-electron chi connectivity index (χ4n) is 2.59. The quantitative estimate of drug-likeness (QED) is 0.678. The number of nitrogens with two attached hydrogens (primary N) is 1. The monoisotopic (exact) mass is 291 g/mol. The molecule has 3 rings (SSSR count). The van der Waals surface area contributed by atoms with E-state index < -0.39 is 0 Å². The Kier molecular flexibility index (Phi) is 4.35. The fourth-order valence-corrected chi connectivity index (χ4v) is 3.49. The van der Waals surface area contributed by atoms with Crippen LogP contribution in [0.25, 0.3) is 0 Å². The van der Waals surface area contributed by atoms with E-state index in [9.17, 15) is 0 Å². The van der Waals surface area contributed by atoms with Crippen LogP contribution in [0.5, 0.6) is 5.75 Å². The molecule has 0 aromatic heterocycles. The van der Waals surface area contributed by atoms with Crippen molar-refractivity contribution < 1.29 is 4.74 Å². The molecule has 0 spiro atoms. The van der Waals surface area contributed by atoms with Crippen LogP contribution in [0, 0.1) is 0 Å². The van der Waals surface area contributed by atoms with E-state index in [0.717, 1.165) is 56.3 Å². The van der Waals surface area contributed by atoms with Crippen LogP contribution in [0.1, 0.15) is 11.1 Å².